The van der Waals surface area contributed by atoms with Gasteiger partial charge in [-0.25, -0.2) is 0 Å². The minimum Gasteiger partial charge on any atom is -0.495 e. The minimum absolute atomic E-state index is 0.0432. The Labute approximate surface area is 226 Å². The zero-order valence-electron chi connectivity index (χ0n) is 22.1. The van der Waals surface area contributed by atoms with E-state index in [-0.39, 0.29) is 6.04 Å². The van der Waals surface area contributed by atoms with Gasteiger partial charge in [-0.15, -0.1) is 0 Å². The summed E-state index contributed by atoms with van der Waals surface area (Å²) >= 11 is 0. The molecule has 5 rings (SSSR count). The molecule has 1 N–H and O–H groups in total. The van der Waals surface area contributed by atoms with Crippen molar-refractivity contribution >= 4 is 11.4 Å². The normalized spacial score (nSPS) is 13.9. The van der Waals surface area contributed by atoms with Gasteiger partial charge in [0.15, 0.2) is 0 Å². The van der Waals surface area contributed by atoms with Crippen molar-refractivity contribution in [3.63, 3.8) is 0 Å². The summed E-state index contributed by atoms with van der Waals surface area (Å²) in [6, 6.07) is 37.7. The highest BCUT2D eigenvalue weighted by molar-refractivity contribution is 5.59. The predicted molar refractivity (Wildman–Crippen MR) is 157 cm³/mol. The first-order valence-corrected chi connectivity index (χ1v) is 13.5. The van der Waals surface area contributed by atoms with E-state index in [0.29, 0.717) is 6.61 Å². The van der Waals surface area contributed by atoms with Crippen molar-refractivity contribution in [2.24, 2.45) is 0 Å². The van der Waals surface area contributed by atoms with E-state index in [1.54, 1.807) is 7.11 Å². The number of para-hydroxylation sites is 4. The maximum atomic E-state index is 6.31. The lowest BCUT2D eigenvalue weighted by atomic mass is 9.98. The fourth-order valence-corrected chi connectivity index (χ4v) is 5.09. The average molecular weight is 508 g/mol. The van der Waals surface area contributed by atoms with Crippen LogP contribution in [0.3, 0.4) is 0 Å². The van der Waals surface area contributed by atoms with E-state index in [0.717, 1.165) is 56.3 Å². The number of piperazine rings is 1. The summed E-state index contributed by atoms with van der Waals surface area (Å²) in [5.74, 6) is 1.84. The van der Waals surface area contributed by atoms with Crippen LogP contribution >= 0.6 is 0 Å². The molecule has 1 aliphatic heterocycles. The molecule has 5 nitrogen and oxygen atoms in total. The van der Waals surface area contributed by atoms with Crippen LogP contribution in [0.25, 0.3) is 0 Å². The summed E-state index contributed by atoms with van der Waals surface area (Å²) in [6.45, 7) is 5.83. The maximum absolute atomic E-state index is 6.31. The van der Waals surface area contributed by atoms with Crippen LogP contribution in [0.1, 0.15) is 23.6 Å². The van der Waals surface area contributed by atoms with E-state index in [4.69, 9.17) is 9.47 Å². The molecule has 0 saturated carbocycles. The van der Waals surface area contributed by atoms with Gasteiger partial charge in [0.25, 0.3) is 0 Å². The van der Waals surface area contributed by atoms with Gasteiger partial charge < -0.3 is 19.7 Å². The average Bonchev–Trinajstić information content (AvgIpc) is 3.00. The molecule has 196 valence electrons. The van der Waals surface area contributed by atoms with Crippen molar-refractivity contribution in [1.29, 1.82) is 0 Å². The lowest BCUT2D eigenvalue weighted by Gasteiger charge is -2.36. The second-order valence-electron chi connectivity index (χ2n) is 9.60. The third-order valence-electron chi connectivity index (χ3n) is 7.13. The van der Waals surface area contributed by atoms with Crippen LogP contribution in [0.4, 0.5) is 11.4 Å². The van der Waals surface area contributed by atoms with Crippen LogP contribution in [0, 0.1) is 0 Å². The Bertz CT molecular complexity index is 1220. The second kappa shape index (κ2) is 13.0. The maximum Gasteiger partial charge on any atom is 0.142 e. The van der Waals surface area contributed by atoms with Crippen molar-refractivity contribution in [2.45, 2.75) is 12.5 Å². The van der Waals surface area contributed by atoms with E-state index >= 15 is 0 Å². The molecular formula is C33H37N3O2. The molecule has 1 heterocycles. The predicted octanol–water partition coefficient (Wildman–Crippen LogP) is 6.49. The lowest BCUT2D eigenvalue weighted by molar-refractivity contribution is 0.224. The van der Waals surface area contributed by atoms with Crippen LogP contribution in [-0.2, 0) is 0 Å². The van der Waals surface area contributed by atoms with Crippen LogP contribution < -0.4 is 19.7 Å². The zero-order valence-corrected chi connectivity index (χ0v) is 22.1. The van der Waals surface area contributed by atoms with Crippen LogP contribution in [0.15, 0.2) is 109 Å². The molecule has 0 amide bonds. The summed E-state index contributed by atoms with van der Waals surface area (Å²) in [5, 5.41) is 3.75. The molecule has 4 aromatic carbocycles. The fraction of sp³-hybridized carbons (Fsp3) is 0.273. The molecule has 1 fully saturated rings. The third-order valence-corrected chi connectivity index (χ3v) is 7.13. The lowest BCUT2D eigenvalue weighted by Crippen LogP contribution is -2.46. The van der Waals surface area contributed by atoms with Crippen molar-refractivity contribution in [3.8, 4) is 11.5 Å². The number of rotatable bonds is 11. The Morgan fingerprint density at radius 3 is 1.92 bits per heavy atom. The SMILES string of the molecule is COc1ccccc1N1CCN(CCCOc2ccccc2NC(c2ccccc2)c2ccccc2)CC1. The minimum atomic E-state index is 0.0432. The number of nitrogens with one attached hydrogen (secondary N) is 1. The zero-order chi connectivity index (χ0) is 26.0. The van der Waals surface area contributed by atoms with Crippen molar-refractivity contribution in [2.75, 3.05) is 56.7 Å². The number of benzene rings is 4. The van der Waals surface area contributed by atoms with Crippen LogP contribution in [0.2, 0.25) is 0 Å². The highest BCUT2D eigenvalue weighted by Crippen LogP contribution is 2.32. The first-order chi connectivity index (χ1) is 18.8. The number of methoxy groups -OCH3 is 1. The van der Waals surface area contributed by atoms with Gasteiger partial charge in [0.1, 0.15) is 11.5 Å². The topological polar surface area (TPSA) is 37.0 Å². The number of nitrogens with zero attached hydrogens (tertiary/aromatic N) is 2. The van der Waals surface area contributed by atoms with Gasteiger partial charge in [-0.3, -0.25) is 4.90 Å². The smallest absolute Gasteiger partial charge is 0.142 e. The Morgan fingerprint density at radius 2 is 1.26 bits per heavy atom. The van der Waals surface area contributed by atoms with Gasteiger partial charge in [0, 0.05) is 32.7 Å². The first kappa shape index (κ1) is 25.7. The molecule has 0 atom stereocenters. The fourth-order valence-electron chi connectivity index (χ4n) is 5.09. The van der Waals surface area contributed by atoms with Crippen LogP contribution in [-0.4, -0.2) is 51.3 Å². The van der Waals surface area contributed by atoms with E-state index in [9.17, 15) is 0 Å². The van der Waals surface area contributed by atoms with Gasteiger partial charge in [0.2, 0.25) is 0 Å². The summed E-state index contributed by atoms with van der Waals surface area (Å²) in [7, 11) is 1.74. The van der Waals surface area contributed by atoms with Gasteiger partial charge in [0.05, 0.1) is 31.1 Å². The standard InChI is InChI=1S/C33H37N3O2/c1-37-32-20-11-9-18-30(32)36-24-22-35(23-25-36)21-12-26-38-31-19-10-8-17-29(31)34-33(27-13-4-2-5-14-27)28-15-6-3-7-16-28/h2-11,13-20,33-34H,12,21-26H2,1H3. The first-order valence-electron chi connectivity index (χ1n) is 13.5. The Balaban J connectivity index is 1.15. The largest absolute Gasteiger partial charge is 0.495 e. The number of hydrogen-bond donors (Lipinski definition) is 1. The molecule has 5 heteroatoms. The highest BCUT2D eigenvalue weighted by atomic mass is 16.5. The van der Waals surface area contributed by atoms with E-state index in [1.807, 2.05) is 18.2 Å². The van der Waals surface area contributed by atoms with Gasteiger partial charge in [-0.2, -0.15) is 0 Å². The molecule has 0 radical (unpaired) electrons. The van der Waals surface area contributed by atoms with Crippen molar-refractivity contribution < 1.29 is 9.47 Å². The Morgan fingerprint density at radius 1 is 0.684 bits per heavy atom. The molecular weight excluding hydrogens is 470 g/mol. The molecule has 38 heavy (non-hydrogen) atoms. The summed E-state index contributed by atoms with van der Waals surface area (Å²) < 4.78 is 11.9. The molecule has 4 aromatic rings. The molecule has 0 unspecified atom stereocenters. The molecule has 1 aliphatic rings. The van der Waals surface area contributed by atoms with Crippen molar-refractivity contribution in [1.82, 2.24) is 4.90 Å². The van der Waals surface area contributed by atoms with E-state index in [2.05, 4.69) is 106 Å². The number of ether oxygens (including phenoxy) is 2. The summed E-state index contributed by atoms with van der Waals surface area (Å²) in [4.78, 5) is 4.95. The monoisotopic (exact) mass is 507 g/mol. The van der Waals surface area contributed by atoms with Gasteiger partial charge in [-0.1, -0.05) is 84.9 Å². The van der Waals surface area contributed by atoms with E-state index in [1.165, 1.54) is 16.8 Å². The highest BCUT2D eigenvalue weighted by Gasteiger charge is 2.19. The Kier molecular flexibility index (Phi) is 8.80. The quantitative estimate of drug-likeness (QED) is 0.235. The molecule has 1 saturated heterocycles. The molecule has 0 aliphatic carbocycles. The molecule has 0 bridgehead atoms. The van der Waals surface area contributed by atoms with E-state index < -0.39 is 0 Å². The number of hydrogen-bond acceptors (Lipinski definition) is 5. The van der Waals surface area contributed by atoms with Crippen LogP contribution in [0.5, 0.6) is 11.5 Å². The Hall–Kier alpha value is -3.96. The second-order valence-corrected chi connectivity index (χ2v) is 9.60. The van der Waals surface area contributed by atoms with Gasteiger partial charge in [-0.05, 0) is 41.8 Å². The third kappa shape index (κ3) is 6.48. The van der Waals surface area contributed by atoms with Gasteiger partial charge >= 0.3 is 0 Å². The molecule has 0 spiro atoms. The van der Waals surface area contributed by atoms with Crippen molar-refractivity contribution in [3.05, 3.63) is 120 Å². The molecule has 0 aromatic heterocycles. The summed E-state index contributed by atoms with van der Waals surface area (Å²) in [6.07, 6.45) is 0.990. The summed E-state index contributed by atoms with van der Waals surface area (Å²) in [5.41, 5.74) is 4.64. The number of anilines is 2.